The number of carbonyl (C=O) groups is 1. The topological polar surface area (TPSA) is 44.8 Å². The Hall–Kier alpha value is -0.176. The monoisotopic (exact) mass is 375 g/mol. The molecule has 0 aliphatic carbocycles. The van der Waals surface area contributed by atoms with Crippen molar-refractivity contribution in [3.8, 4) is 0 Å². The zero-order chi connectivity index (χ0) is 18.8. The second-order valence-corrected chi connectivity index (χ2v) is 13.7. The van der Waals surface area contributed by atoms with Crippen LogP contribution >= 0.6 is 0 Å². The normalized spacial score (nSPS) is 14.9. The molecule has 0 fully saturated rings. The van der Waals surface area contributed by atoms with Gasteiger partial charge in [-0.1, -0.05) is 47.5 Å². The molecule has 143 valence electrons. The lowest BCUT2D eigenvalue weighted by Crippen LogP contribution is -2.50. The first-order valence-corrected chi connectivity index (χ1v) is 13.4. The Bertz CT molecular complexity index is 351. The molecule has 0 aromatic carbocycles. The molecule has 0 aromatic heterocycles. The van der Waals surface area contributed by atoms with E-state index in [1.54, 1.807) is 0 Å². The summed E-state index contributed by atoms with van der Waals surface area (Å²) in [4.78, 5) is 13.2. The molecule has 0 aliphatic rings. The van der Waals surface area contributed by atoms with Crippen LogP contribution < -0.4 is 0 Å². The molecule has 0 saturated carbocycles. The van der Waals surface area contributed by atoms with Crippen molar-refractivity contribution in [2.45, 2.75) is 97.3 Å². The van der Waals surface area contributed by atoms with Gasteiger partial charge in [-0.25, -0.2) is 0 Å². The lowest BCUT2D eigenvalue weighted by molar-refractivity contribution is -0.139. The molecule has 0 aliphatic heterocycles. The molecule has 0 N–H and O–H groups in total. The van der Waals surface area contributed by atoms with E-state index in [-0.39, 0.29) is 5.97 Å². The number of rotatable bonds is 13. The smallest absolute Gasteiger partial charge is 0.402 e. The molecular weight excluding hydrogens is 336 g/mol. The average molecular weight is 376 g/mol. The Morgan fingerprint density at radius 1 is 1.00 bits per heavy atom. The Morgan fingerprint density at radius 3 is 1.75 bits per heavy atom. The second kappa shape index (κ2) is 11.4. The van der Waals surface area contributed by atoms with Gasteiger partial charge in [0.05, 0.1) is 0 Å². The Balaban J connectivity index is 5.55. The largest absolute Gasteiger partial charge is 0.518 e. The minimum atomic E-state index is -2.10. The van der Waals surface area contributed by atoms with Gasteiger partial charge in [-0.2, -0.15) is 0 Å². The second-order valence-electron chi connectivity index (χ2n) is 6.95. The van der Waals surface area contributed by atoms with Crippen LogP contribution in [0.15, 0.2) is 0 Å². The highest BCUT2D eigenvalue weighted by molar-refractivity contribution is 6.77. The maximum absolute atomic E-state index is 13.2. The molecule has 0 heterocycles. The van der Waals surface area contributed by atoms with Crippen LogP contribution in [0.1, 0.15) is 74.7 Å². The zero-order valence-electron chi connectivity index (χ0n) is 17.2. The summed E-state index contributed by atoms with van der Waals surface area (Å²) in [5.41, 5.74) is 0.428. The molecule has 4 nitrogen and oxygen atoms in total. The van der Waals surface area contributed by atoms with Crippen molar-refractivity contribution in [2.75, 3.05) is 13.2 Å². The van der Waals surface area contributed by atoms with Crippen LogP contribution in [0.2, 0.25) is 22.7 Å². The number of hydrogen-bond donors (Lipinski definition) is 0. The first-order chi connectivity index (χ1) is 11.3. The molecule has 1 atom stereocenters. The third-order valence-electron chi connectivity index (χ3n) is 4.85. The summed E-state index contributed by atoms with van der Waals surface area (Å²) in [6.07, 6.45) is 2.81. The molecule has 6 heteroatoms. The van der Waals surface area contributed by atoms with Gasteiger partial charge in [0.2, 0.25) is 0 Å². The lowest BCUT2D eigenvalue weighted by Gasteiger charge is -2.39. The lowest BCUT2D eigenvalue weighted by atomic mass is 10.1. The van der Waals surface area contributed by atoms with E-state index in [1.807, 2.05) is 27.7 Å². The molecule has 24 heavy (non-hydrogen) atoms. The maximum Gasteiger partial charge on any atom is 0.402 e. The summed E-state index contributed by atoms with van der Waals surface area (Å²) in [5, 5.41) is -0.661. The zero-order valence-corrected chi connectivity index (χ0v) is 19.2. The highest BCUT2D eigenvalue weighted by Gasteiger charge is 2.51. The van der Waals surface area contributed by atoms with E-state index < -0.39 is 22.6 Å². The van der Waals surface area contributed by atoms with Gasteiger partial charge in [-0.15, -0.1) is 0 Å². The van der Waals surface area contributed by atoms with Gasteiger partial charge in [0, 0.05) is 13.2 Å². The van der Waals surface area contributed by atoms with Crippen LogP contribution in [-0.2, 0) is 18.1 Å². The van der Waals surface area contributed by atoms with Crippen molar-refractivity contribution in [2.24, 2.45) is 0 Å². The highest BCUT2D eigenvalue weighted by atomic mass is 28.4. The summed E-state index contributed by atoms with van der Waals surface area (Å²) in [5.74, 6) is -0.0944. The standard InChI is InChI=1S/C18H39O4Si2/c1-9-14-24(15-10-2,16(6)7)22-17(19)18(8,11-3)23(20-12-4)21-13-5/h16H,9-15H2,1-8H3. The Kier molecular flexibility index (Phi) is 11.4. The van der Waals surface area contributed by atoms with Crippen LogP contribution in [-0.4, -0.2) is 36.8 Å². The average Bonchev–Trinajstić information content (AvgIpc) is 2.54. The van der Waals surface area contributed by atoms with E-state index in [1.165, 1.54) is 0 Å². The van der Waals surface area contributed by atoms with Crippen molar-refractivity contribution < 1.29 is 18.1 Å². The van der Waals surface area contributed by atoms with E-state index >= 15 is 0 Å². The Labute approximate surface area is 152 Å². The molecule has 1 unspecified atom stereocenters. The van der Waals surface area contributed by atoms with Crippen LogP contribution in [0.3, 0.4) is 0 Å². The first-order valence-electron chi connectivity index (χ1n) is 9.64. The molecule has 0 rings (SSSR count). The molecule has 0 aromatic rings. The summed E-state index contributed by atoms with van der Waals surface area (Å²) >= 11 is 0. The van der Waals surface area contributed by atoms with Crippen molar-refractivity contribution in [1.29, 1.82) is 0 Å². The minimum Gasteiger partial charge on any atom is -0.518 e. The van der Waals surface area contributed by atoms with E-state index in [9.17, 15) is 4.79 Å². The molecule has 0 spiro atoms. The van der Waals surface area contributed by atoms with E-state index in [2.05, 4.69) is 27.7 Å². The minimum absolute atomic E-state index is 0.0944. The third-order valence-corrected chi connectivity index (χ3v) is 12.8. The molecule has 1 radical (unpaired) electrons. The summed E-state index contributed by atoms with van der Waals surface area (Å²) in [6, 6.07) is 2.07. The van der Waals surface area contributed by atoms with Gasteiger partial charge in [-0.3, -0.25) is 4.79 Å². The van der Waals surface area contributed by atoms with Crippen molar-refractivity contribution >= 4 is 23.6 Å². The molecular formula is C18H39O4Si2. The predicted molar refractivity (Wildman–Crippen MR) is 105 cm³/mol. The van der Waals surface area contributed by atoms with Crippen LogP contribution in [0.5, 0.6) is 0 Å². The fraction of sp³-hybridized carbons (Fsp3) is 0.944. The summed E-state index contributed by atoms with van der Waals surface area (Å²) in [7, 11) is -3.81. The number of carbonyl (C=O) groups excluding carboxylic acids is 1. The fourth-order valence-corrected chi connectivity index (χ4v) is 9.05. The van der Waals surface area contributed by atoms with Gasteiger partial charge in [0.15, 0.2) is 0 Å². The van der Waals surface area contributed by atoms with E-state index in [0.717, 1.165) is 24.9 Å². The van der Waals surface area contributed by atoms with Gasteiger partial charge in [0.25, 0.3) is 14.3 Å². The molecule has 0 bridgehead atoms. The molecule has 0 saturated heterocycles. The van der Waals surface area contributed by atoms with E-state index in [0.29, 0.717) is 25.2 Å². The van der Waals surface area contributed by atoms with Crippen molar-refractivity contribution in [3.63, 3.8) is 0 Å². The van der Waals surface area contributed by atoms with Crippen molar-refractivity contribution in [3.05, 3.63) is 0 Å². The van der Waals surface area contributed by atoms with Crippen molar-refractivity contribution in [1.82, 2.24) is 0 Å². The van der Waals surface area contributed by atoms with Crippen LogP contribution in [0, 0.1) is 0 Å². The van der Waals surface area contributed by atoms with Gasteiger partial charge >= 0.3 is 9.28 Å². The van der Waals surface area contributed by atoms with Gasteiger partial charge in [-0.05, 0) is 44.8 Å². The Morgan fingerprint density at radius 2 is 1.46 bits per heavy atom. The number of hydrogen-bond acceptors (Lipinski definition) is 4. The molecule has 0 amide bonds. The summed E-state index contributed by atoms with van der Waals surface area (Å²) < 4.78 is 18.1. The maximum atomic E-state index is 13.2. The van der Waals surface area contributed by atoms with E-state index in [4.69, 9.17) is 13.3 Å². The quantitative estimate of drug-likeness (QED) is 0.402. The summed E-state index contributed by atoms with van der Waals surface area (Å²) in [6.45, 7) is 17.8. The van der Waals surface area contributed by atoms with Crippen LogP contribution in [0.25, 0.3) is 0 Å². The SMILES string of the molecule is CCC[Si](CCC)(OC(=O)C(C)(CC)[Si](OCC)OCC)C(C)C. The van der Waals surface area contributed by atoms with Gasteiger partial charge in [0.1, 0.15) is 5.04 Å². The first kappa shape index (κ1) is 23.8. The predicted octanol–water partition coefficient (Wildman–Crippen LogP) is 5.44. The van der Waals surface area contributed by atoms with Crippen LogP contribution in [0.4, 0.5) is 0 Å². The third kappa shape index (κ3) is 5.97. The van der Waals surface area contributed by atoms with Gasteiger partial charge < -0.3 is 13.3 Å². The fourth-order valence-electron chi connectivity index (χ4n) is 3.06. The highest BCUT2D eigenvalue weighted by Crippen LogP contribution is 2.41.